The van der Waals surface area contributed by atoms with Crippen molar-refractivity contribution in [3.05, 3.63) is 12.2 Å². The van der Waals surface area contributed by atoms with Gasteiger partial charge in [-0.2, -0.15) is 0 Å². The highest BCUT2D eigenvalue weighted by Gasteiger charge is 1.83. The maximum Gasteiger partial charge on any atom is 0.135 e. The van der Waals surface area contributed by atoms with E-state index >= 15 is 0 Å². The summed E-state index contributed by atoms with van der Waals surface area (Å²) in [6, 6.07) is 0. The van der Waals surface area contributed by atoms with Crippen LogP contribution in [0.1, 0.15) is 27.7 Å². The highest BCUT2D eigenvalue weighted by atomic mass is 16.6. The van der Waals surface area contributed by atoms with Gasteiger partial charge in [-0.3, -0.25) is 0 Å². The summed E-state index contributed by atoms with van der Waals surface area (Å²) in [5.74, 6) is 0. The first kappa shape index (κ1) is 19.0. The summed E-state index contributed by atoms with van der Waals surface area (Å²) in [6.07, 6.45) is 3.79. The van der Waals surface area contributed by atoms with Crippen molar-refractivity contribution in [1.82, 2.24) is 0 Å². The van der Waals surface area contributed by atoms with Gasteiger partial charge in [-0.1, -0.05) is 16.4 Å². The molecule has 0 saturated carbocycles. The molecule has 0 aliphatic heterocycles. The summed E-state index contributed by atoms with van der Waals surface area (Å²) in [5, 5.41) is 7.37. The minimum Gasteiger partial charge on any atom is -0.396 e. The zero-order chi connectivity index (χ0) is 14.2. The van der Waals surface area contributed by atoms with E-state index in [1.54, 1.807) is 0 Å². The number of nitrogens with two attached hydrogens (primary N) is 2. The number of allylic oxidation sites excluding steroid dienone is 1. The van der Waals surface area contributed by atoms with Gasteiger partial charge in [0.15, 0.2) is 0 Å². The fraction of sp³-hybridized carbons (Fsp3) is 0.667. The van der Waals surface area contributed by atoms with E-state index in [4.69, 9.17) is 21.1 Å². The van der Waals surface area contributed by atoms with E-state index in [1.807, 2.05) is 39.8 Å². The highest BCUT2D eigenvalue weighted by Crippen LogP contribution is 1.80. The van der Waals surface area contributed by atoms with Crippen LogP contribution in [0.5, 0.6) is 0 Å². The molecule has 0 bridgehead atoms. The first-order valence-corrected chi connectivity index (χ1v) is 5.94. The molecule has 0 heterocycles. The Kier molecular flexibility index (Phi) is 16.4. The van der Waals surface area contributed by atoms with Gasteiger partial charge >= 0.3 is 0 Å². The Balaban J connectivity index is 0. The lowest BCUT2D eigenvalue weighted by molar-refractivity contribution is 0.158. The Morgan fingerprint density at radius 1 is 1.06 bits per heavy atom. The van der Waals surface area contributed by atoms with Gasteiger partial charge in [-0.15, -0.1) is 0 Å². The smallest absolute Gasteiger partial charge is 0.135 e. The first-order chi connectivity index (χ1) is 8.62. The molecule has 18 heavy (non-hydrogen) atoms. The average molecular weight is 258 g/mol. The SMILES string of the molecule is C/C=C/CO/N=C(\C)CN.CCO/N=C(\C)CN. The minimum atomic E-state index is 0.454. The maximum atomic E-state index is 5.26. The number of rotatable bonds is 7. The van der Waals surface area contributed by atoms with E-state index in [0.29, 0.717) is 26.3 Å². The lowest BCUT2D eigenvalue weighted by atomic mass is 10.4. The van der Waals surface area contributed by atoms with Crippen LogP contribution >= 0.6 is 0 Å². The summed E-state index contributed by atoms with van der Waals surface area (Å²) in [6.45, 7) is 9.53. The van der Waals surface area contributed by atoms with Crippen LogP contribution < -0.4 is 11.5 Å². The topological polar surface area (TPSA) is 95.2 Å². The monoisotopic (exact) mass is 258 g/mol. The summed E-state index contributed by atoms with van der Waals surface area (Å²) in [4.78, 5) is 9.54. The normalized spacial score (nSPS) is 12.1. The van der Waals surface area contributed by atoms with E-state index < -0.39 is 0 Å². The molecule has 0 aromatic heterocycles. The Morgan fingerprint density at radius 2 is 1.56 bits per heavy atom. The van der Waals surface area contributed by atoms with Crippen molar-refractivity contribution in [1.29, 1.82) is 0 Å². The van der Waals surface area contributed by atoms with Gasteiger partial charge in [0, 0.05) is 13.1 Å². The molecule has 0 rings (SSSR count). The van der Waals surface area contributed by atoms with E-state index in [1.165, 1.54) is 0 Å². The third kappa shape index (κ3) is 17.0. The van der Waals surface area contributed by atoms with E-state index in [9.17, 15) is 0 Å². The van der Waals surface area contributed by atoms with Crippen LogP contribution in [0.2, 0.25) is 0 Å². The van der Waals surface area contributed by atoms with Crippen molar-refractivity contribution >= 4 is 11.4 Å². The number of hydrogen-bond acceptors (Lipinski definition) is 6. The van der Waals surface area contributed by atoms with Gasteiger partial charge in [0.05, 0.1) is 11.4 Å². The largest absolute Gasteiger partial charge is 0.396 e. The van der Waals surface area contributed by atoms with Crippen LogP contribution in [0.15, 0.2) is 22.5 Å². The molecule has 106 valence electrons. The molecule has 0 aliphatic carbocycles. The summed E-state index contributed by atoms with van der Waals surface area (Å²) >= 11 is 0. The van der Waals surface area contributed by atoms with Crippen LogP contribution in [0.3, 0.4) is 0 Å². The molecule has 0 spiro atoms. The standard InChI is InChI=1S/C7H14N2O.C5H12N2O/c1-3-4-5-10-9-7(2)6-8;1-3-8-7-5(2)4-6/h3-4H,5-6,8H2,1-2H3;3-4,6H2,1-2H3/b4-3+,9-7+;7-5+. The predicted molar refractivity (Wildman–Crippen MR) is 76.7 cm³/mol. The van der Waals surface area contributed by atoms with Gasteiger partial charge in [0.2, 0.25) is 0 Å². The van der Waals surface area contributed by atoms with Crippen LogP contribution in [-0.2, 0) is 9.68 Å². The highest BCUT2D eigenvalue weighted by molar-refractivity contribution is 5.83. The lowest BCUT2D eigenvalue weighted by Gasteiger charge is -1.94. The van der Waals surface area contributed by atoms with Crippen molar-refractivity contribution < 1.29 is 9.68 Å². The lowest BCUT2D eigenvalue weighted by Crippen LogP contribution is -2.09. The van der Waals surface area contributed by atoms with Gasteiger partial charge in [-0.25, -0.2) is 0 Å². The fourth-order valence-corrected chi connectivity index (χ4v) is 0.536. The van der Waals surface area contributed by atoms with Gasteiger partial charge in [0.25, 0.3) is 0 Å². The van der Waals surface area contributed by atoms with Crippen LogP contribution in [0, 0.1) is 0 Å². The molecule has 0 atom stereocenters. The molecular formula is C12H26N4O2. The number of hydrogen-bond donors (Lipinski definition) is 2. The number of oxime groups is 2. The van der Waals surface area contributed by atoms with Crippen molar-refractivity contribution in [2.75, 3.05) is 26.3 Å². The Morgan fingerprint density at radius 3 is 1.94 bits per heavy atom. The quantitative estimate of drug-likeness (QED) is 0.311. The molecule has 0 aromatic carbocycles. The first-order valence-electron chi connectivity index (χ1n) is 5.94. The second-order valence-electron chi connectivity index (χ2n) is 3.34. The molecule has 4 N–H and O–H groups in total. The maximum absolute atomic E-state index is 5.26. The van der Waals surface area contributed by atoms with Gasteiger partial charge < -0.3 is 21.1 Å². The molecular weight excluding hydrogens is 232 g/mol. The molecule has 6 heteroatoms. The van der Waals surface area contributed by atoms with Crippen molar-refractivity contribution in [2.45, 2.75) is 27.7 Å². The predicted octanol–water partition coefficient (Wildman–Crippen LogP) is 1.27. The van der Waals surface area contributed by atoms with Crippen molar-refractivity contribution in [3.63, 3.8) is 0 Å². The fourth-order valence-electron chi connectivity index (χ4n) is 0.536. The second kappa shape index (κ2) is 15.6. The molecule has 0 saturated heterocycles. The molecule has 6 nitrogen and oxygen atoms in total. The molecule has 0 aromatic rings. The minimum absolute atomic E-state index is 0.454. The third-order valence-corrected chi connectivity index (χ3v) is 1.57. The zero-order valence-corrected chi connectivity index (χ0v) is 11.8. The number of nitrogens with zero attached hydrogens (tertiary/aromatic N) is 2. The molecule has 0 aliphatic rings. The van der Waals surface area contributed by atoms with Gasteiger partial charge in [0.1, 0.15) is 13.2 Å². The van der Waals surface area contributed by atoms with Crippen LogP contribution in [0.25, 0.3) is 0 Å². The van der Waals surface area contributed by atoms with E-state index in [-0.39, 0.29) is 0 Å². The van der Waals surface area contributed by atoms with E-state index in [0.717, 1.165) is 11.4 Å². The van der Waals surface area contributed by atoms with E-state index in [2.05, 4.69) is 10.3 Å². The summed E-state index contributed by atoms with van der Waals surface area (Å²) in [7, 11) is 0. The van der Waals surface area contributed by atoms with Crippen LogP contribution in [-0.4, -0.2) is 37.7 Å². The third-order valence-electron chi connectivity index (χ3n) is 1.57. The Hall–Kier alpha value is -1.40. The Bertz CT molecular complexity index is 263. The van der Waals surface area contributed by atoms with Crippen LogP contribution in [0.4, 0.5) is 0 Å². The van der Waals surface area contributed by atoms with Crippen molar-refractivity contribution in [2.24, 2.45) is 21.8 Å². The average Bonchev–Trinajstić information content (AvgIpc) is 2.41. The molecule has 0 radical (unpaired) electrons. The zero-order valence-electron chi connectivity index (χ0n) is 11.8. The second-order valence-corrected chi connectivity index (χ2v) is 3.34. The molecule has 0 unspecified atom stereocenters. The molecule has 0 amide bonds. The van der Waals surface area contributed by atoms with Crippen molar-refractivity contribution in [3.8, 4) is 0 Å². The summed E-state index contributed by atoms with van der Waals surface area (Å²) < 4.78 is 0. The van der Waals surface area contributed by atoms with Gasteiger partial charge in [-0.05, 0) is 33.8 Å². The molecule has 0 fully saturated rings. The Labute approximate surface area is 110 Å². The summed E-state index contributed by atoms with van der Waals surface area (Å²) in [5.41, 5.74) is 12.1.